The first-order chi connectivity index (χ1) is 12.1. The minimum Gasteiger partial charge on any atom is -0.352 e. The normalized spacial score (nSPS) is 10.3. The van der Waals surface area contributed by atoms with Crippen LogP contribution in [-0.4, -0.2) is 37.4 Å². The van der Waals surface area contributed by atoms with E-state index in [0.29, 0.717) is 18.5 Å². The van der Waals surface area contributed by atoms with Crippen LogP contribution < -0.4 is 15.5 Å². The van der Waals surface area contributed by atoms with E-state index < -0.39 is 0 Å². The topological polar surface area (TPSA) is 74.3 Å². The molecule has 0 atom stereocenters. The fraction of sp³-hybridized carbons (Fsp3) is 0.316. The van der Waals surface area contributed by atoms with Gasteiger partial charge in [-0.2, -0.15) is 0 Å². The summed E-state index contributed by atoms with van der Waals surface area (Å²) in [5, 5.41) is 5.92. The predicted molar refractivity (Wildman–Crippen MR) is 98.4 cm³/mol. The average Bonchev–Trinajstić information content (AvgIpc) is 2.66. The second-order valence-corrected chi connectivity index (χ2v) is 5.75. The standard InChI is InChI=1S/C19H24N4O2/c1-20-11-3-4-18(24)22-14-15-5-7-17(8-6-15)23(2)19(25)16-9-12-21-13-10-16/h5-10,12-13,20H,3-4,11,14H2,1-2H3,(H,22,24). The van der Waals surface area contributed by atoms with Crippen molar-refractivity contribution in [3.05, 3.63) is 59.9 Å². The van der Waals surface area contributed by atoms with Crippen LogP contribution in [-0.2, 0) is 11.3 Å². The molecule has 0 aliphatic carbocycles. The number of rotatable bonds is 8. The Morgan fingerprint density at radius 1 is 1.08 bits per heavy atom. The lowest BCUT2D eigenvalue weighted by atomic mass is 10.1. The van der Waals surface area contributed by atoms with Crippen LogP contribution in [0.4, 0.5) is 5.69 Å². The van der Waals surface area contributed by atoms with Crippen LogP contribution in [0, 0.1) is 0 Å². The molecule has 0 saturated heterocycles. The summed E-state index contributed by atoms with van der Waals surface area (Å²) >= 11 is 0. The summed E-state index contributed by atoms with van der Waals surface area (Å²) in [5.74, 6) is -0.0442. The zero-order chi connectivity index (χ0) is 18.1. The quantitative estimate of drug-likeness (QED) is 0.721. The molecule has 2 N–H and O–H groups in total. The van der Waals surface area contributed by atoms with E-state index in [9.17, 15) is 9.59 Å². The van der Waals surface area contributed by atoms with Crippen molar-refractivity contribution >= 4 is 17.5 Å². The lowest BCUT2D eigenvalue weighted by molar-refractivity contribution is -0.121. The molecule has 6 heteroatoms. The minimum atomic E-state index is -0.0898. The molecule has 1 aromatic heterocycles. The number of benzene rings is 1. The molecule has 0 saturated carbocycles. The van der Waals surface area contributed by atoms with Crippen molar-refractivity contribution in [3.8, 4) is 0 Å². The van der Waals surface area contributed by atoms with Crippen LogP contribution in [0.25, 0.3) is 0 Å². The van der Waals surface area contributed by atoms with E-state index in [1.807, 2.05) is 31.3 Å². The summed E-state index contributed by atoms with van der Waals surface area (Å²) in [6.07, 6.45) is 4.54. The van der Waals surface area contributed by atoms with Gasteiger partial charge in [0, 0.05) is 43.7 Å². The van der Waals surface area contributed by atoms with E-state index in [4.69, 9.17) is 0 Å². The second-order valence-electron chi connectivity index (χ2n) is 5.75. The molecular weight excluding hydrogens is 316 g/mol. The second kappa shape index (κ2) is 9.54. The fourth-order valence-corrected chi connectivity index (χ4v) is 2.36. The third-order valence-electron chi connectivity index (χ3n) is 3.88. The monoisotopic (exact) mass is 340 g/mol. The Morgan fingerprint density at radius 3 is 2.40 bits per heavy atom. The van der Waals surface area contributed by atoms with Gasteiger partial charge in [-0.15, -0.1) is 0 Å². The van der Waals surface area contributed by atoms with E-state index in [-0.39, 0.29) is 11.8 Å². The Labute approximate surface area is 148 Å². The minimum absolute atomic E-state index is 0.0457. The number of nitrogens with zero attached hydrogens (tertiary/aromatic N) is 2. The average molecular weight is 340 g/mol. The number of hydrogen-bond donors (Lipinski definition) is 2. The summed E-state index contributed by atoms with van der Waals surface area (Å²) in [6.45, 7) is 1.32. The molecule has 0 spiro atoms. The zero-order valence-electron chi connectivity index (χ0n) is 14.7. The first-order valence-corrected chi connectivity index (χ1v) is 8.30. The first kappa shape index (κ1) is 18.6. The molecule has 6 nitrogen and oxygen atoms in total. The lowest BCUT2D eigenvalue weighted by Crippen LogP contribution is -2.26. The number of hydrogen-bond acceptors (Lipinski definition) is 4. The SMILES string of the molecule is CNCCCC(=O)NCc1ccc(N(C)C(=O)c2ccncc2)cc1. The van der Waals surface area contributed by atoms with Crippen LogP contribution in [0.15, 0.2) is 48.8 Å². The third-order valence-corrected chi connectivity index (χ3v) is 3.88. The van der Waals surface area contributed by atoms with Gasteiger partial charge in [0.2, 0.25) is 5.91 Å². The van der Waals surface area contributed by atoms with Gasteiger partial charge in [-0.25, -0.2) is 0 Å². The van der Waals surface area contributed by atoms with Crippen molar-refractivity contribution in [2.24, 2.45) is 0 Å². The van der Waals surface area contributed by atoms with Gasteiger partial charge >= 0.3 is 0 Å². The highest BCUT2D eigenvalue weighted by atomic mass is 16.2. The highest BCUT2D eigenvalue weighted by molar-refractivity contribution is 6.05. The van der Waals surface area contributed by atoms with Crippen LogP contribution in [0.1, 0.15) is 28.8 Å². The molecule has 0 aliphatic heterocycles. The van der Waals surface area contributed by atoms with Gasteiger partial charge < -0.3 is 15.5 Å². The van der Waals surface area contributed by atoms with E-state index in [0.717, 1.165) is 24.2 Å². The van der Waals surface area contributed by atoms with Gasteiger partial charge in [-0.05, 0) is 49.8 Å². The Kier molecular flexibility index (Phi) is 7.10. The van der Waals surface area contributed by atoms with Crippen LogP contribution >= 0.6 is 0 Å². The Balaban J connectivity index is 1.89. The summed E-state index contributed by atoms with van der Waals surface area (Å²) < 4.78 is 0. The smallest absolute Gasteiger partial charge is 0.258 e. The number of amides is 2. The molecule has 25 heavy (non-hydrogen) atoms. The van der Waals surface area contributed by atoms with E-state index in [1.54, 1.807) is 36.5 Å². The molecule has 2 amide bonds. The molecule has 0 radical (unpaired) electrons. The Hall–Kier alpha value is -2.73. The summed E-state index contributed by atoms with van der Waals surface area (Å²) in [5.41, 5.74) is 2.39. The van der Waals surface area contributed by atoms with Crippen LogP contribution in [0.3, 0.4) is 0 Å². The number of carbonyl (C=O) groups is 2. The molecule has 0 unspecified atom stereocenters. The number of carbonyl (C=O) groups excluding carboxylic acids is 2. The van der Waals surface area contributed by atoms with Gasteiger partial charge in [0.05, 0.1) is 0 Å². The summed E-state index contributed by atoms with van der Waals surface area (Å²) in [7, 11) is 3.61. The maximum Gasteiger partial charge on any atom is 0.258 e. The Bertz CT molecular complexity index is 686. The molecule has 0 fully saturated rings. The molecule has 1 aromatic carbocycles. The summed E-state index contributed by atoms with van der Waals surface area (Å²) in [4.78, 5) is 29.6. The van der Waals surface area contributed by atoms with Crippen molar-refractivity contribution in [2.75, 3.05) is 25.5 Å². The number of aromatic nitrogens is 1. The van der Waals surface area contributed by atoms with Crippen molar-refractivity contribution in [3.63, 3.8) is 0 Å². The maximum absolute atomic E-state index is 12.4. The maximum atomic E-state index is 12.4. The fourth-order valence-electron chi connectivity index (χ4n) is 2.36. The van der Waals surface area contributed by atoms with Crippen molar-refractivity contribution in [1.29, 1.82) is 0 Å². The van der Waals surface area contributed by atoms with Gasteiger partial charge in [-0.1, -0.05) is 12.1 Å². The lowest BCUT2D eigenvalue weighted by Gasteiger charge is -2.17. The summed E-state index contributed by atoms with van der Waals surface area (Å²) in [6, 6.07) is 11.0. The van der Waals surface area contributed by atoms with Crippen molar-refractivity contribution < 1.29 is 9.59 Å². The van der Waals surface area contributed by atoms with E-state index in [2.05, 4.69) is 15.6 Å². The third kappa shape index (κ3) is 5.69. The first-order valence-electron chi connectivity index (χ1n) is 8.30. The highest BCUT2D eigenvalue weighted by Crippen LogP contribution is 2.16. The van der Waals surface area contributed by atoms with Crippen LogP contribution in [0.2, 0.25) is 0 Å². The van der Waals surface area contributed by atoms with Crippen LogP contribution in [0.5, 0.6) is 0 Å². The van der Waals surface area contributed by atoms with E-state index in [1.165, 1.54) is 0 Å². The van der Waals surface area contributed by atoms with Gasteiger partial charge in [0.25, 0.3) is 5.91 Å². The number of pyridine rings is 1. The van der Waals surface area contributed by atoms with Gasteiger partial charge in [0.15, 0.2) is 0 Å². The predicted octanol–water partition coefficient (Wildman–Crippen LogP) is 1.97. The molecule has 2 aromatic rings. The largest absolute Gasteiger partial charge is 0.352 e. The molecule has 0 bridgehead atoms. The Morgan fingerprint density at radius 2 is 1.76 bits per heavy atom. The highest BCUT2D eigenvalue weighted by Gasteiger charge is 2.13. The molecular formula is C19H24N4O2. The molecule has 2 rings (SSSR count). The van der Waals surface area contributed by atoms with Gasteiger partial charge in [-0.3, -0.25) is 14.6 Å². The number of anilines is 1. The molecule has 0 aliphatic rings. The number of nitrogens with one attached hydrogen (secondary N) is 2. The van der Waals surface area contributed by atoms with E-state index >= 15 is 0 Å². The zero-order valence-corrected chi connectivity index (χ0v) is 14.7. The van der Waals surface area contributed by atoms with Crippen molar-refractivity contribution in [2.45, 2.75) is 19.4 Å². The molecule has 132 valence electrons. The molecule has 1 heterocycles. The van der Waals surface area contributed by atoms with Gasteiger partial charge in [0.1, 0.15) is 0 Å². The van der Waals surface area contributed by atoms with Crippen molar-refractivity contribution in [1.82, 2.24) is 15.6 Å².